The van der Waals surface area contributed by atoms with Gasteiger partial charge in [-0.25, -0.2) is 4.79 Å². The number of fused-ring (bicyclic) bond motifs is 1. The number of carbonyl (C=O) groups excluding carboxylic acids is 5. The van der Waals surface area contributed by atoms with E-state index in [-0.39, 0.29) is 24.7 Å². The van der Waals surface area contributed by atoms with Crippen molar-refractivity contribution in [2.75, 3.05) is 7.11 Å². The summed E-state index contributed by atoms with van der Waals surface area (Å²) >= 11 is 0. The molecule has 0 radical (unpaired) electrons. The van der Waals surface area contributed by atoms with Crippen molar-refractivity contribution in [3.63, 3.8) is 0 Å². The van der Waals surface area contributed by atoms with Gasteiger partial charge in [0.05, 0.1) is 7.11 Å². The highest BCUT2D eigenvalue weighted by molar-refractivity contribution is 5.95. The number of benzene rings is 2. The Hall–Kier alpha value is -4.67. The van der Waals surface area contributed by atoms with Crippen molar-refractivity contribution in [2.45, 2.75) is 64.7 Å². The van der Waals surface area contributed by atoms with Crippen molar-refractivity contribution in [2.24, 2.45) is 5.92 Å². The van der Waals surface area contributed by atoms with Gasteiger partial charge in [-0.05, 0) is 30.0 Å². The minimum Gasteiger partial charge on any atom is -0.467 e. The van der Waals surface area contributed by atoms with E-state index in [1.807, 2.05) is 54.6 Å². The first kappa shape index (κ1) is 31.9. The van der Waals surface area contributed by atoms with Gasteiger partial charge in [-0.1, -0.05) is 62.4 Å². The lowest BCUT2D eigenvalue weighted by Crippen LogP contribution is -2.58. The van der Waals surface area contributed by atoms with E-state index >= 15 is 0 Å². The Labute approximate surface area is 245 Å². The third-order valence-corrected chi connectivity index (χ3v) is 6.88. The molecular weight excluding hydrogens is 538 g/mol. The van der Waals surface area contributed by atoms with Gasteiger partial charge in [0.2, 0.25) is 23.6 Å². The average Bonchev–Trinajstić information content (AvgIpc) is 3.37. The number of nitrogens with one attached hydrogen (secondary N) is 5. The number of para-hydroxylation sites is 1. The molecule has 11 nitrogen and oxygen atoms in total. The number of hydrogen-bond acceptors (Lipinski definition) is 6. The molecule has 0 saturated carbocycles. The molecule has 4 amide bonds. The summed E-state index contributed by atoms with van der Waals surface area (Å²) in [5.74, 6) is -3.03. The molecule has 0 saturated heterocycles. The van der Waals surface area contributed by atoms with Crippen molar-refractivity contribution in [3.8, 4) is 0 Å². The van der Waals surface area contributed by atoms with Gasteiger partial charge in [0.25, 0.3) is 0 Å². The fourth-order valence-electron chi connectivity index (χ4n) is 4.61. The van der Waals surface area contributed by atoms with Gasteiger partial charge in [0.15, 0.2) is 0 Å². The Balaban J connectivity index is 1.66. The van der Waals surface area contributed by atoms with Crippen LogP contribution in [0.3, 0.4) is 0 Å². The van der Waals surface area contributed by atoms with Gasteiger partial charge in [0, 0.05) is 36.9 Å². The summed E-state index contributed by atoms with van der Waals surface area (Å²) < 4.78 is 4.88. The van der Waals surface area contributed by atoms with Crippen LogP contribution in [0.1, 0.15) is 38.8 Å². The van der Waals surface area contributed by atoms with Gasteiger partial charge in [-0.3, -0.25) is 19.2 Å². The Bertz CT molecular complexity index is 1400. The number of carbonyl (C=O) groups is 5. The molecule has 2 aromatic carbocycles. The smallest absolute Gasteiger partial charge is 0.328 e. The highest BCUT2D eigenvalue weighted by atomic mass is 16.5. The molecule has 0 aliphatic rings. The summed E-state index contributed by atoms with van der Waals surface area (Å²) in [4.78, 5) is 67.0. The molecule has 3 rings (SSSR count). The van der Waals surface area contributed by atoms with E-state index in [0.29, 0.717) is 0 Å². The molecule has 0 bridgehead atoms. The lowest BCUT2D eigenvalue weighted by molar-refractivity contribution is -0.145. The molecule has 1 heterocycles. The van der Waals surface area contributed by atoms with Crippen LogP contribution in [0, 0.1) is 5.92 Å². The number of amides is 4. The lowest BCUT2D eigenvalue weighted by Gasteiger charge is -2.26. The molecule has 5 N–H and O–H groups in total. The first-order chi connectivity index (χ1) is 20.0. The highest BCUT2D eigenvalue weighted by Crippen LogP contribution is 2.19. The predicted molar refractivity (Wildman–Crippen MR) is 158 cm³/mol. The summed E-state index contributed by atoms with van der Waals surface area (Å²) in [6.07, 6.45) is 2.21. The number of rotatable bonds is 13. The zero-order chi connectivity index (χ0) is 30.8. The van der Waals surface area contributed by atoms with Crippen molar-refractivity contribution in [1.82, 2.24) is 26.3 Å². The SMILES string of the molecule is COC(=O)[C@H](Cc1ccccc1)NC(=O)[C@@H](NC(=O)[C@H](C)NC(=O)[C@H](Cc1c[nH]c2ccccc12)NC(C)=O)C(C)C. The van der Waals surface area contributed by atoms with E-state index in [0.717, 1.165) is 22.0 Å². The molecule has 1 aromatic heterocycles. The third kappa shape index (κ3) is 8.66. The minimum atomic E-state index is -1.02. The van der Waals surface area contributed by atoms with Gasteiger partial charge in [-0.15, -0.1) is 0 Å². The molecule has 0 aliphatic heterocycles. The van der Waals surface area contributed by atoms with Crippen LogP contribution < -0.4 is 21.3 Å². The van der Waals surface area contributed by atoms with Crippen molar-refractivity contribution in [1.29, 1.82) is 0 Å². The van der Waals surface area contributed by atoms with Gasteiger partial charge in [-0.2, -0.15) is 0 Å². The summed E-state index contributed by atoms with van der Waals surface area (Å²) in [5, 5.41) is 11.6. The van der Waals surface area contributed by atoms with Crippen molar-refractivity contribution < 1.29 is 28.7 Å². The van der Waals surface area contributed by atoms with E-state index in [2.05, 4.69) is 26.3 Å². The summed E-state index contributed by atoms with van der Waals surface area (Å²) in [6, 6.07) is 12.9. The van der Waals surface area contributed by atoms with Crippen LogP contribution in [0.25, 0.3) is 10.9 Å². The second-order valence-electron chi connectivity index (χ2n) is 10.6. The first-order valence-corrected chi connectivity index (χ1v) is 13.8. The Morgan fingerprint density at radius 1 is 0.762 bits per heavy atom. The number of methoxy groups -OCH3 is 1. The Morgan fingerprint density at radius 3 is 2.07 bits per heavy atom. The maximum atomic E-state index is 13.2. The summed E-state index contributed by atoms with van der Waals surface area (Å²) in [6.45, 7) is 6.32. The Kier molecular flexibility index (Phi) is 11.2. The zero-order valence-electron chi connectivity index (χ0n) is 24.5. The van der Waals surface area contributed by atoms with Crippen molar-refractivity contribution >= 4 is 40.5 Å². The normalized spacial score (nSPS) is 13.9. The predicted octanol–water partition coefficient (Wildman–Crippen LogP) is 1.76. The molecular formula is C31H39N5O6. The molecule has 0 unspecified atom stereocenters. The van der Waals surface area contributed by atoms with Crippen LogP contribution >= 0.6 is 0 Å². The molecule has 11 heteroatoms. The average molecular weight is 578 g/mol. The van der Waals surface area contributed by atoms with Crippen molar-refractivity contribution in [3.05, 3.63) is 71.9 Å². The molecule has 4 atom stereocenters. The maximum Gasteiger partial charge on any atom is 0.328 e. The summed E-state index contributed by atoms with van der Waals surface area (Å²) in [5.41, 5.74) is 2.57. The topological polar surface area (TPSA) is 158 Å². The summed E-state index contributed by atoms with van der Waals surface area (Å²) in [7, 11) is 1.24. The highest BCUT2D eigenvalue weighted by Gasteiger charge is 2.31. The molecule has 42 heavy (non-hydrogen) atoms. The second-order valence-corrected chi connectivity index (χ2v) is 10.6. The van der Waals surface area contributed by atoms with Gasteiger partial charge in [0.1, 0.15) is 24.2 Å². The number of aromatic amines is 1. The number of H-pyrrole nitrogens is 1. The molecule has 3 aromatic rings. The van der Waals surface area contributed by atoms with Crippen LogP contribution in [0.5, 0.6) is 0 Å². The second kappa shape index (κ2) is 14.8. The fraction of sp³-hybridized carbons (Fsp3) is 0.387. The standard InChI is InChI=1S/C31H39N5O6/c1-18(2)27(30(40)35-26(31(41)42-5)15-21-11-7-6-8-12-21)36-28(38)19(3)33-29(39)25(34-20(4)37)16-22-17-32-24-14-10-9-13-23(22)24/h6-14,17-19,25-27,32H,15-16H2,1-5H3,(H,33,39)(H,34,37)(H,35,40)(H,36,38)/t19-,25-,26-,27-/m0/s1. The van der Waals surface area contributed by atoms with E-state index in [9.17, 15) is 24.0 Å². The van der Waals surface area contributed by atoms with E-state index < -0.39 is 47.9 Å². The Morgan fingerprint density at radius 2 is 1.43 bits per heavy atom. The number of ether oxygens (including phenoxy) is 1. The van der Waals surface area contributed by atoms with Crippen LogP contribution in [0.2, 0.25) is 0 Å². The monoisotopic (exact) mass is 577 g/mol. The lowest BCUT2D eigenvalue weighted by atomic mass is 10.0. The maximum absolute atomic E-state index is 13.2. The van der Waals surface area contributed by atoms with Crippen LogP contribution in [-0.4, -0.2) is 65.9 Å². The fourth-order valence-corrected chi connectivity index (χ4v) is 4.61. The zero-order valence-corrected chi connectivity index (χ0v) is 24.5. The van der Waals surface area contributed by atoms with E-state index in [4.69, 9.17) is 4.74 Å². The molecule has 224 valence electrons. The number of esters is 1. The quantitative estimate of drug-likeness (QED) is 0.195. The molecule has 0 fully saturated rings. The van der Waals surface area contributed by atoms with Crippen LogP contribution in [0.4, 0.5) is 0 Å². The minimum absolute atomic E-state index is 0.205. The van der Waals surface area contributed by atoms with Gasteiger partial charge < -0.3 is 31.0 Å². The van der Waals surface area contributed by atoms with Crippen LogP contribution in [-0.2, 0) is 41.6 Å². The van der Waals surface area contributed by atoms with Crippen LogP contribution in [0.15, 0.2) is 60.8 Å². The number of hydrogen-bond donors (Lipinski definition) is 5. The van der Waals surface area contributed by atoms with E-state index in [1.54, 1.807) is 20.0 Å². The molecule has 0 spiro atoms. The van der Waals surface area contributed by atoms with E-state index in [1.165, 1.54) is 21.0 Å². The third-order valence-electron chi connectivity index (χ3n) is 6.88. The number of aromatic nitrogens is 1. The first-order valence-electron chi connectivity index (χ1n) is 13.8. The largest absolute Gasteiger partial charge is 0.467 e. The molecule has 0 aliphatic carbocycles. The van der Waals surface area contributed by atoms with Gasteiger partial charge >= 0.3 is 5.97 Å².